The van der Waals surface area contributed by atoms with E-state index in [0.717, 1.165) is 11.1 Å². The van der Waals surface area contributed by atoms with Gasteiger partial charge in [0.1, 0.15) is 35.1 Å². The normalized spacial score (nSPS) is 24.0. The molecule has 0 aromatic carbocycles. The molecule has 1 aliphatic heterocycles. The molecule has 0 unspecified atom stereocenters. The Bertz CT molecular complexity index is 1750. The Kier molecular flexibility index (Phi) is 10.0. The molecule has 1 saturated heterocycles. The lowest BCUT2D eigenvalue weighted by Gasteiger charge is -2.36. The molecule has 0 bridgehead atoms. The van der Waals surface area contributed by atoms with Crippen molar-refractivity contribution in [2.75, 3.05) is 6.54 Å². The molecular weight excluding hydrogens is 664 g/mol. The van der Waals surface area contributed by atoms with E-state index in [4.69, 9.17) is 9.47 Å². The average molecular weight is 711 g/mol. The maximum absolute atomic E-state index is 14.4. The smallest absolute Gasteiger partial charge is 0.408 e. The van der Waals surface area contributed by atoms with Gasteiger partial charge in [-0.2, -0.15) is 0 Å². The van der Waals surface area contributed by atoms with E-state index in [9.17, 15) is 27.6 Å². The van der Waals surface area contributed by atoms with Crippen LogP contribution in [0.4, 0.5) is 4.79 Å². The van der Waals surface area contributed by atoms with Crippen molar-refractivity contribution in [3.8, 4) is 16.9 Å². The Morgan fingerprint density at radius 2 is 1.72 bits per heavy atom. The average Bonchev–Trinajstić information content (AvgIpc) is 3.96. The van der Waals surface area contributed by atoms with E-state index in [-0.39, 0.29) is 19.4 Å². The number of ether oxygens (including phenoxy) is 2. The first-order valence-corrected chi connectivity index (χ1v) is 18.2. The van der Waals surface area contributed by atoms with Crippen LogP contribution in [0.25, 0.3) is 11.1 Å². The molecule has 270 valence electrons. The number of nitrogens with zero attached hydrogens (tertiary/aromatic N) is 3. The van der Waals surface area contributed by atoms with Crippen LogP contribution in [-0.2, 0) is 29.1 Å². The predicted molar refractivity (Wildman–Crippen MR) is 184 cm³/mol. The summed E-state index contributed by atoms with van der Waals surface area (Å²) in [6, 6.07) is 3.22. The minimum atomic E-state index is -3.89. The van der Waals surface area contributed by atoms with Gasteiger partial charge in [0.05, 0.1) is 18.0 Å². The van der Waals surface area contributed by atoms with Crippen molar-refractivity contribution < 1.29 is 37.1 Å². The van der Waals surface area contributed by atoms with Crippen molar-refractivity contribution in [1.82, 2.24) is 30.2 Å². The summed E-state index contributed by atoms with van der Waals surface area (Å²) in [4.78, 5) is 64.5. The number of carbonyl (C=O) groups is 4. The first kappa shape index (κ1) is 36.7. The molecule has 50 heavy (non-hydrogen) atoms. The number of rotatable bonds is 11. The first-order valence-electron chi connectivity index (χ1n) is 16.7. The van der Waals surface area contributed by atoms with Gasteiger partial charge in [0, 0.05) is 36.5 Å². The van der Waals surface area contributed by atoms with Crippen LogP contribution in [0.1, 0.15) is 67.2 Å². The summed E-state index contributed by atoms with van der Waals surface area (Å²) < 4.78 is 39.2. The van der Waals surface area contributed by atoms with E-state index >= 15 is 0 Å². The molecule has 5 rings (SSSR count). The quantitative estimate of drug-likeness (QED) is 0.293. The van der Waals surface area contributed by atoms with Gasteiger partial charge in [0.15, 0.2) is 0 Å². The predicted octanol–water partition coefficient (Wildman–Crippen LogP) is 3.10. The molecule has 5 atom stereocenters. The zero-order valence-electron chi connectivity index (χ0n) is 29.3. The van der Waals surface area contributed by atoms with Crippen molar-refractivity contribution in [3.05, 3.63) is 55.6 Å². The monoisotopic (exact) mass is 710 g/mol. The fourth-order valence-corrected chi connectivity index (χ4v) is 7.38. The van der Waals surface area contributed by atoms with Crippen LogP contribution in [0.15, 0.2) is 55.6 Å². The van der Waals surface area contributed by atoms with Crippen LogP contribution < -0.4 is 20.1 Å². The SMILES string of the molecule is C=C[C@@H]1C[C@]1(NC(=O)[C@@H]1C[C@@H](Oc2cncc(-c3ccncc3)c2)CN1C(=O)[C@@H](NC(=O)OC(C)(C)C)C(C)(C)C)C(=O)NS(=O)(=O)C1CC1. The van der Waals surface area contributed by atoms with Crippen molar-refractivity contribution in [1.29, 1.82) is 0 Å². The van der Waals surface area contributed by atoms with Gasteiger partial charge < -0.3 is 25.0 Å². The summed E-state index contributed by atoms with van der Waals surface area (Å²) in [6.45, 7) is 14.2. The number of carbonyl (C=O) groups excluding carboxylic acids is 4. The summed E-state index contributed by atoms with van der Waals surface area (Å²) >= 11 is 0. The maximum Gasteiger partial charge on any atom is 0.408 e. The van der Waals surface area contributed by atoms with E-state index in [1.807, 2.05) is 12.1 Å². The number of sulfonamides is 1. The second-order valence-corrected chi connectivity index (χ2v) is 17.2. The van der Waals surface area contributed by atoms with Gasteiger partial charge in [-0.15, -0.1) is 6.58 Å². The Morgan fingerprint density at radius 3 is 2.30 bits per heavy atom. The van der Waals surface area contributed by atoms with Crippen molar-refractivity contribution in [2.45, 2.75) is 102 Å². The Balaban J connectivity index is 1.42. The summed E-state index contributed by atoms with van der Waals surface area (Å²) in [6.07, 6.45) is 7.66. The number of nitrogens with one attached hydrogen (secondary N) is 3. The molecule has 2 aromatic rings. The van der Waals surface area contributed by atoms with Gasteiger partial charge in [0.25, 0.3) is 5.91 Å². The molecule has 0 spiro atoms. The van der Waals surface area contributed by atoms with E-state index in [0.29, 0.717) is 18.6 Å². The summed E-state index contributed by atoms with van der Waals surface area (Å²) in [5, 5.41) is 4.83. The molecule has 3 aliphatic rings. The minimum absolute atomic E-state index is 0.0286. The van der Waals surface area contributed by atoms with Crippen LogP contribution in [0.5, 0.6) is 5.75 Å². The van der Waals surface area contributed by atoms with Gasteiger partial charge in [-0.3, -0.25) is 29.1 Å². The molecule has 0 radical (unpaired) electrons. The number of likely N-dealkylation sites (tertiary alicyclic amines) is 1. The number of pyridine rings is 2. The molecule has 2 aliphatic carbocycles. The van der Waals surface area contributed by atoms with Gasteiger partial charge in [0.2, 0.25) is 21.8 Å². The molecule has 15 heteroatoms. The first-order chi connectivity index (χ1) is 23.3. The molecule has 14 nitrogen and oxygen atoms in total. The number of hydrogen-bond donors (Lipinski definition) is 3. The zero-order chi connectivity index (χ0) is 36.6. The van der Waals surface area contributed by atoms with Gasteiger partial charge in [-0.1, -0.05) is 26.8 Å². The zero-order valence-corrected chi connectivity index (χ0v) is 30.1. The largest absolute Gasteiger partial charge is 0.487 e. The van der Waals surface area contributed by atoms with Crippen molar-refractivity contribution >= 4 is 33.8 Å². The third kappa shape index (κ3) is 8.42. The molecule has 2 aromatic heterocycles. The molecule has 4 amide bonds. The molecular formula is C35H46N6O8S. The van der Waals surface area contributed by atoms with Crippen molar-refractivity contribution in [3.63, 3.8) is 0 Å². The Labute approximate surface area is 292 Å². The number of alkyl carbamates (subject to hydrolysis) is 1. The lowest BCUT2D eigenvalue weighted by atomic mass is 9.85. The topological polar surface area (TPSA) is 186 Å². The lowest BCUT2D eigenvalue weighted by Crippen LogP contribution is -2.60. The molecule has 3 heterocycles. The fraction of sp³-hybridized carbons (Fsp3) is 0.543. The van der Waals surface area contributed by atoms with Crippen LogP contribution in [0.3, 0.4) is 0 Å². The van der Waals surface area contributed by atoms with E-state index in [1.54, 1.807) is 66.2 Å². The maximum atomic E-state index is 14.4. The number of hydrogen-bond acceptors (Lipinski definition) is 10. The van der Waals surface area contributed by atoms with E-state index in [1.165, 1.54) is 17.2 Å². The Morgan fingerprint density at radius 1 is 1.04 bits per heavy atom. The van der Waals surface area contributed by atoms with Crippen molar-refractivity contribution in [2.24, 2.45) is 11.3 Å². The van der Waals surface area contributed by atoms with Gasteiger partial charge in [-0.05, 0) is 69.2 Å². The second kappa shape index (κ2) is 13.6. The lowest BCUT2D eigenvalue weighted by molar-refractivity contribution is -0.143. The summed E-state index contributed by atoms with van der Waals surface area (Å²) in [7, 11) is -3.89. The van der Waals surface area contributed by atoms with Crippen LogP contribution >= 0.6 is 0 Å². The Hall–Kier alpha value is -4.53. The number of amides is 4. The summed E-state index contributed by atoms with van der Waals surface area (Å²) in [5.41, 5.74) is -1.53. The van der Waals surface area contributed by atoms with Gasteiger partial charge in [-0.25, -0.2) is 13.2 Å². The third-order valence-corrected chi connectivity index (χ3v) is 10.7. The van der Waals surface area contributed by atoms with Crippen LogP contribution in [-0.4, -0.2) is 88.2 Å². The molecule has 3 N–H and O–H groups in total. The molecule has 2 saturated carbocycles. The standard InChI is InChI=1S/C35H46N6O8S/c1-8-23-17-35(23,31(44)40-50(46,47)26-9-10-26)39-29(42)27-16-25(48-24-15-22(18-37-19-24)21-11-13-36-14-12-21)20-41(27)30(43)28(33(2,3)4)38-32(45)49-34(5,6)7/h8,11-15,18-19,23,25-28H,1,9-10,16-17,20H2,2-7H3,(H,38,45)(H,39,42)(H,40,44)/t23-,25-,27+,28-,35-/m1/s1. The van der Waals surface area contributed by atoms with Gasteiger partial charge >= 0.3 is 6.09 Å². The highest BCUT2D eigenvalue weighted by molar-refractivity contribution is 7.91. The third-order valence-electron chi connectivity index (χ3n) is 8.90. The highest BCUT2D eigenvalue weighted by Gasteiger charge is 2.62. The highest BCUT2D eigenvalue weighted by atomic mass is 32.2. The second-order valence-electron chi connectivity index (χ2n) is 15.3. The highest BCUT2D eigenvalue weighted by Crippen LogP contribution is 2.45. The van der Waals surface area contributed by atoms with E-state index < -0.39 is 79.7 Å². The number of aromatic nitrogens is 2. The van der Waals surface area contributed by atoms with Crippen LogP contribution in [0, 0.1) is 11.3 Å². The van der Waals surface area contributed by atoms with Crippen LogP contribution in [0.2, 0.25) is 0 Å². The fourth-order valence-electron chi connectivity index (χ4n) is 6.01. The van der Waals surface area contributed by atoms with E-state index in [2.05, 4.69) is 31.9 Å². The summed E-state index contributed by atoms with van der Waals surface area (Å²) in [5.74, 6) is -2.17. The minimum Gasteiger partial charge on any atom is -0.487 e. The molecule has 3 fully saturated rings.